The molecule has 29 heavy (non-hydrogen) atoms. The van der Waals surface area contributed by atoms with Gasteiger partial charge < -0.3 is 19.9 Å². The van der Waals surface area contributed by atoms with Crippen LogP contribution in [-0.2, 0) is 11.3 Å². The smallest absolute Gasteiger partial charge is 0.409 e. The average Bonchev–Trinajstić information content (AvgIpc) is 3.17. The van der Waals surface area contributed by atoms with Crippen molar-refractivity contribution < 1.29 is 9.53 Å². The normalized spacial score (nSPS) is 16.0. The topological polar surface area (TPSA) is 109 Å². The maximum Gasteiger partial charge on any atom is 0.409 e. The molecule has 0 atom stereocenters. The molecule has 0 bridgehead atoms. The van der Waals surface area contributed by atoms with Crippen molar-refractivity contribution in [1.82, 2.24) is 20.3 Å². The van der Waals surface area contributed by atoms with E-state index in [0.717, 1.165) is 22.4 Å². The number of fused-ring (bicyclic) bond motifs is 1. The van der Waals surface area contributed by atoms with E-state index in [1.54, 1.807) is 18.2 Å². The SMILES string of the molecule is NC1(OC(=O)NCc2ccc(Cl)cc2Cl)CCN(c2ncnc3[nH]ccc23)CC1. The van der Waals surface area contributed by atoms with Crippen LogP contribution < -0.4 is 16.0 Å². The number of H-pyrrole nitrogens is 1. The Labute approximate surface area is 177 Å². The summed E-state index contributed by atoms with van der Waals surface area (Å²) in [4.78, 5) is 26.1. The molecule has 1 aliphatic heterocycles. The molecule has 3 aromatic rings. The molecule has 0 spiro atoms. The molecule has 3 heterocycles. The van der Waals surface area contributed by atoms with Gasteiger partial charge in [0.2, 0.25) is 0 Å². The number of carbonyl (C=O) groups is 1. The minimum absolute atomic E-state index is 0.226. The Bertz CT molecular complexity index is 1030. The number of halogens is 2. The number of nitrogens with one attached hydrogen (secondary N) is 2. The second-order valence-electron chi connectivity index (χ2n) is 6.97. The van der Waals surface area contributed by atoms with E-state index in [2.05, 4.69) is 25.2 Å². The van der Waals surface area contributed by atoms with E-state index < -0.39 is 11.8 Å². The molecular formula is C19H20Cl2N6O2. The lowest BCUT2D eigenvalue weighted by Crippen LogP contribution is -2.54. The van der Waals surface area contributed by atoms with E-state index >= 15 is 0 Å². The summed E-state index contributed by atoms with van der Waals surface area (Å²) in [6, 6.07) is 7.04. The van der Waals surface area contributed by atoms with Crippen molar-refractivity contribution in [2.24, 2.45) is 5.73 Å². The molecule has 1 amide bonds. The zero-order valence-electron chi connectivity index (χ0n) is 15.5. The van der Waals surface area contributed by atoms with Crippen LogP contribution in [0.5, 0.6) is 0 Å². The zero-order chi connectivity index (χ0) is 20.4. The fourth-order valence-electron chi connectivity index (χ4n) is 3.36. The largest absolute Gasteiger partial charge is 0.428 e. The number of piperidine rings is 1. The van der Waals surface area contributed by atoms with E-state index in [9.17, 15) is 4.79 Å². The predicted octanol–water partition coefficient (Wildman–Crippen LogP) is 3.45. The number of carbonyl (C=O) groups excluding carboxylic acids is 1. The van der Waals surface area contributed by atoms with Gasteiger partial charge in [-0.25, -0.2) is 14.8 Å². The van der Waals surface area contributed by atoms with Crippen LogP contribution in [0.4, 0.5) is 10.6 Å². The highest BCUT2D eigenvalue weighted by molar-refractivity contribution is 6.35. The molecule has 0 radical (unpaired) electrons. The molecule has 4 rings (SSSR count). The second kappa shape index (κ2) is 8.06. The molecule has 1 aromatic carbocycles. The Balaban J connectivity index is 1.33. The van der Waals surface area contributed by atoms with Crippen LogP contribution in [0.1, 0.15) is 18.4 Å². The zero-order valence-corrected chi connectivity index (χ0v) is 17.0. The average molecular weight is 435 g/mol. The summed E-state index contributed by atoms with van der Waals surface area (Å²) in [6.45, 7) is 1.46. The number of ether oxygens (including phenoxy) is 1. The van der Waals surface area contributed by atoms with Gasteiger partial charge in [-0.1, -0.05) is 29.3 Å². The van der Waals surface area contributed by atoms with Crippen molar-refractivity contribution in [2.45, 2.75) is 25.1 Å². The highest BCUT2D eigenvalue weighted by Crippen LogP contribution is 2.28. The quantitative estimate of drug-likeness (QED) is 0.542. The molecular weight excluding hydrogens is 415 g/mol. The maximum absolute atomic E-state index is 12.2. The van der Waals surface area contributed by atoms with Crippen LogP contribution in [0.2, 0.25) is 10.0 Å². The number of anilines is 1. The lowest BCUT2D eigenvalue weighted by atomic mass is 10.0. The molecule has 8 nitrogen and oxygen atoms in total. The van der Waals surface area contributed by atoms with Gasteiger partial charge in [0.1, 0.15) is 17.8 Å². The monoisotopic (exact) mass is 434 g/mol. The van der Waals surface area contributed by atoms with Gasteiger partial charge in [0.05, 0.1) is 5.39 Å². The molecule has 0 saturated carbocycles. The standard InChI is InChI=1S/C19H20Cl2N6O2/c20-13-2-1-12(15(21)9-13)10-24-18(28)29-19(22)4-7-27(8-5-19)17-14-3-6-23-16(14)25-11-26-17/h1-3,6,9,11H,4-5,7-8,10,22H2,(H,24,28)(H,23,25,26). The summed E-state index contributed by atoms with van der Waals surface area (Å²) < 4.78 is 5.51. The number of amides is 1. The van der Waals surface area contributed by atoms with Crippen LogP contribution >= 0.6 is 23.2 Å². The molecule has 1 saturated heterocycles. The molecule has 10 heteroatoms. The van der Waals surface area contributed by atoms with Crippen LogP contribution in [-0.4, -0.2) is 39.9 Å². The van der Waals surface area contributed by atoms with Crippen molar-refractivity contribution in [3.05, 3.63) is 52.4 Å². The van der Waals surface area contributed by atoms with E-state index in [0.29, 0.717) is 36.0 Å². The first-order chi connectivity index (χ1) is 13.9. The van der Waals surface area contributed by atoms with Gasteiger partial charge in [0.25, 0.3) is 0 Å². The molecule has 4 N–H and O–H groups in total. The molecule has 1 fully saturated rings. The first-order valence-electron chi connectivity index (χ1n) is 9.16. The molecule has 0 unspecified atom stereocenters. The number of aromatic nitrogens is 3. The highest BCUT2D eigenvalue weighted by atomic mass is 35.5. The van der Waals surface area contributed by atoms with Gasteiger partial charge in [0.15, 0.2) is 5.72 Å². The third kappa shape index (κ3) is 4.39. The summed E-state index contributed by atoms with van der Waals surface area (Å²) >= 11 is 12.0. The number of benzene rings is 1. The Morgan fingerprint density at radius 2 is 2.07 bits per heavy atom. The summed E-state index contributed by atoms with van der Waals surface area (Å²) in [7, 11) is 0. The number of rotatable bonds is 4. The number of hydrogen-bond donors (Lipinski definition) is 3. The fraction of sp³-hybridized carbons (Fsp3) is 0.316. The molecule has 2 aromatic heterocycles. The Hall–Kier alpha value is -2.55. The first-order valence-corrected chi connectivity index (χ1v) is 9.92. The Kier molecular flexibility index (Phi) is 5.49. The number of hydrogen-bond acceptors (Lipinski definition) is 6. The number of alkyl carbamates (subject to hydrolysis) is 1. The van der Waals surface area contributed by atoms with Crippen LogP contribution in [0.3, 0.4) is 0 Å². The lowest BCUT2D eigenvalue weighted by Gasteiger charge is -2.38. The first kappa shape index (κ1) is 19.8. The summed E-state index contributed by atoms with van der Waals surface area (Å²) in [5.74, 6) is 0.847. The highest BCUT2D eigenvalue weighted by Gasteiger charge is 2.35. The van der Waals surface area contributed by atoms with Crippen molar-refractivity contribution in [2.75, 3.05) is 18.0 Å². The van der Waals surface area contributed by atoms with Crippen molar-refractivity contribution in [1.29, 1.82) is 0 Å². The summed E-state index contributed by atoms with van der Waals surface area (Å²) in [6.07, 6.45) is 3.75. The Morgan fingerprint density at radius 1 is 1.28 bits per heavy atom. The maximum atomic E-state index is 12.2. The molecule has 1 aliphatic rings. The van der Waals surface area contributed by atoms with Crippen LogP contribution in [0, 0.1) is 0 Å². The second-order valence-corrected chi connectivity index (χ2v) is 7.81. The van der Waals surface area contributed by atoms with E-state index in [1.807, 2.05) is 12.3 Å². The van der Waals surface area contributed by atoms with Gasteiger partial charge >= 0.3 is 6.09 Å². The van der Waals surface area contributed by atoms with E-state index in [1.165, 1.54) is 6.33 Å². The predicted molar refractivity (Wildman–Crippen MR) is 112 cm³/mol. The van der Waals surface area contributed by atoms with Crippen LogP contribution in [0.15, 0.2) is 36.8 Å². The summed E-state index contributed by atoms with van der Waals surface area (Å²) in [5, 5.41) is 4.66. The third-order valence-corrected chi connectivity index (χ3v) is 5.56. The number of nitrogens with zero attached hydrogens (tertiary/aromatic N) is 3. The van der Waals surface area contributed by atoms with Crippen LogP contribution in [0.25, 0.3) is 11.0 Å². The number of aromatic amines is 1. The summed E-state index contributed by atoms with van der Waals surface area (Å²) in [5.41, 5.74) is 6.82. The minimum atomic E-state index is -1.03. The molecule has 0 aliphatic carbocycles. The number of nitrogens with two attached hydrogens (primary N) is 1. The van der Waals surface area contributed by atoms with E-state index in [4.69, 9.17) is 33.7 Å². The van der Waals surface area contributed by atoms with Gasteiger partial charge in [-0.15, -0.1) is 0 Å². The lowest BCUT2D eigenvalue weighted by molar-refractivity contribution is -0.00270. The van der Waals surface area contributed by atoms with Crippen molar-refractivity contribution >= 4 is 46.1 Å². The minimum Gasteiger partial charge on any atom is -0.428 e. The van der Waals surface area contributed by atoms with Crippen molar-refractivity contribution in [3.63, 3.8) is 0 Å². The Morgan fingerprint density at radius 3 is 2.83 bits per heavy atom. The molecule has 152 valence electrons. The van der Waals surface area contributed by atoms with Gasteiger partial charge in [-0.05, 0) is 23.8 Å². The fourth-order valence-corrected chi connectivity index (χ4v) is 3.84. The third-order valence-electron chi connectivity index (χ3n) is 4.98. The van der Waals surface area contributed by atoms with Gasteiger partial charge in [-0.2, -0.15) is 0 Å². The van der Waals surface area contributed by atoms with Gasteiger partial charge in [0, 0.05) is 48.7 Å². The van der Waals surface area contributed by atoms with Gasteiger partial charge in [-0.3, -0.25) is 5.73 Å². The van der Waals surface area contributed by atoms with E-state index in [-0.39, 0.29) is 6.54 Å². The van der Waals surface area contributed by atoms with Crippen molar-refractivity contribution in [3.8, 4) is 0 Å².